The Balaban J connectivity index is 1.25. The fourth-order valence-corrected chi connectivity index (χ4v) is 7.49. The summed E-state index contributed by atoms with van der Waals surface area (Å²) in [6.07, 6.45) is 8.07. The highest BCUT2D eigenvalue weighted by atomic mass is 35.5. The van der Waals surface area contributed by atoms with Gasteiger partial charge in [-0.2, -0.15) is 5.10 Å². The van der Waals surface area contributed by atoms with Gasteiger partial charge in [0.15, 0.2) is 11.0 Å². The molecule has 1 aliphatic heterocycles. The molecule has 0 radical (unpaired) electrons. The van der Waals surface area contributed by atoms with Crippen LogP contribution < -0.4 is 10.2 Å². The fraction of sp³-hybridized carbons (Fsp3) is 0.467. The zero-order valence-corrected chi connectivity index (χ0v) is 25.8. The molecule has 1 aromatic carbocycles. The van der Waals surface area contributed by atoms with Crippen molar-refractivity contribution in [2.45, 2.75) is 58.2 Å². The molecular weight excluding hydrogens is 574 g/mol. The number of hydrogen-bond acceptors (Lipinski definition) is 9. The van der Waals surface area contributed by atoms with Crippen molar-refractivity contribution < 1.29 is 13.5 Å². The molecule has 222 valence electrons. The maximum atomic E-state index is 11.9. The fourth-order valence-electron chi connectivity index (χ4n) is 6.10. The largest absolute Gasteiger partial charge is 0.393 e. The molecule has 1 aliphatic carbocycles. The Morgan fingerprint density at radius 2 is 1.93 bits per heavy atom. The zero-order chi connectivity index (χ0) is 29.8. The van der Waals surface area contributed by atoms with Crippen LogP contribution in [0.4, 0.5) is 17.3 Å². The van der Waals surface area contributed by atoms with Crippen molar-refractivity contribution in [1.29, 1.82) is 0 Å². The third kappa shape index (κ3) is 5.82. The van der Waals surface area contributed by atoms with Crippen molar-refractivity contribution in [1.82, 2.24) is 24.7 Å². The molecule has 0 bridgehead atoms. The first-order valence-corrected chi connectivity index (χ1v) is 16.8. The van der Waals surface area contributed by atoms with E-state index in [9.17, 15) is 13.5 Å². The van der Waals surface area contributed by atoms with Gasteiger partial charge in [-0.1, -0.05) is 31.5 Å². The number of fused-ring (bicyclic) bond motifs is 1. The molecule has 42 heavy (non-hydrogen) atoms. The van der Waals surface area contributed by atoms with Crippen molar-refractivity contribution in [3.05, 3.63) is 53.6 Å². The van der Waals surface area contributed by atoms with Gasteiger partial charge in [-0.15, -0.1) is 0 Å². The molecule has 4 aromatic rings. The summed E-state index contributed by atoms with van der Waals surface area (Å²) >= 11 is 6.46. The molecule has 0 spiro atoms. The van der Waals surface area contributed by atoms with Crippen LogP contribution in [-0.4, -0.2) is 69.0 Å². The van der Waals surface area contributed by atoms with Gasteiger partial charge < -0.3 is 15.3 Å². The Kier molecular flexibility index (Phi) is 7.61. The highest BCUT2D eigenvalue weighted by Gasteiger charge is 2.38. The van der Waals surface area contributed by atoms with Crippen molar-refractivity contribution in [2.75, 3.05) is 28.8 Å². The number of nitrogens with zero attached hydrogens (tertiary/aromatic N) is 6. The van der Waals surface area contributed by atoms with E-state index in [-0.39, 0.29) is 23.8 Å². The van der Waals surface area contributed by atoms with Crippen LogP contribution in [0.15, 0.2) is 42.9 Å². The van der Waals surface area contributed by atoms with Gasteiger partial charge in [0.2, 0.25) is 0 Å². The summed E-state index contributed by atoms with van der Waals surface area (Å²) in [6, 6.07) is 8.25. The minimum atomic E-state index is -3.02. The predicted molar refractivity (Wildman–Crippen MR) is 166 cm³/mol. The van der Waals surface area contributed by atoms with Gasteiger partial charge >= 0.3 is 0 Å². The van der Waals surface area contributed by atoms with Gasteiger partial charge in [0.1, 0.15) is 21.5 Å². The summed E-state index contributed by atoms with van der Waals surface area (Å²) in [7, 11) is -3.02. The molecule has 4 heterocycles. The SMILES string of the molecule is CC(C)c1ccc(N2C[C@H](CS(C)(=O)=O)[C@H]2C)c2cnc(Nc3ccnc(-c4cn(CC5CC(O)C5)nc4Cl)n3)cc12. The summed E-state index contributed by atoms with van der Waals surface area (Å²) in [4.78, 5) is 16.1. The van der Waals surface area contributed by atoms with Crippen molar-refractivity contribution in [3.8, 4) is 11.4 Å². The summed E-state index contributed by atoms with van der Waals surface area (Å²) in [5, 5.41) is 19.8. The molecule has 0 amide bonds. The molecule has 2 fully saturated rings. The number of aliphatic hydroxyl groups excluding tert-OH is 1. The average molecular weight is 610 g/mol. The number of halogens is 1. The first-order chi connectivity index (χ1) is 19.9. The van der Waals surface area contributed by atoms with E-state index in [1.165, 1.54) is 11.8 Å². The highest BCUT2D eigenvalue weighted by Crippen LogP contribution is 2.40. The first kappa shape index (κ1) is 28.8. The Bertz CT molecular complexity index is 1740. The number of sulfone groups is 1. The maximum Gasteiger partial charge on any atom is 0.166 e. The molecule has 12 heteroatoms. The van der Waals surface area contributed by atoms with Crippen molar-refractivity contribution in [3.63, 3.8) is 0 Å². The number of benzene rings is 1. The van der Waals surface area contributed by atoms with Crippen LogP contribution in [0, 0.1) is 11.8 Å². The van der Waals surface area contributed by atoms with Crippen LogP contribution in [0.2, 0.25) is 5.15 Å². The monoisotopic (exact) mass is 609 g/mol. The number of anilines is 3. The van der Waals surface area contributed by atoms with E-state index in [1.807, 2.05) is 18.5 Å². The van der Waals surface area contributed by atoms with E-state index in [0.717, 1.165) is 29.3 Å². The van der Waals surface area contributed by atoms with Crippen LogP contribution >= 0.6 is 11.6 Å². The van der Waals surface area contributed by atoms with Crippen LogP contribution in [-0.2, 0) is 16.4 Å². The molecule has 0 unspecified atom stereocenters. The number of hydrogen-bond donors (Lipinski definition) is 2. The zero-order valence-electron chi connectivity index (χ0n) is 24.2. The number of nitrogens with one attached hydrogen (secondary N) is 1. The minimum absolute atomic E-state index is 0.118. The lowest BCUT2D eigenvalue weighted by Crippen LogP contribution is -2.57. The summed E-state index contributed by atoms with van der Waals surface area (Å²) in [5.41, 5.74) is 2.93. The Morgan fingerprint density at radius 3 is 2.62 bits per heavy atom. The molecule has 2 atom stereocenters. The lowest BCUT2D eigenvalue weighted by molar-refractivity contribution is 0.0337. The topological polar surface area (TPSA) is 126 Å². The molecule has 1 saturated carbocycles. The smallest absolute Gasteiger partial charge is 0.166 e. The third-order valence-electron chi connectivity index (χ3n) is 8.49. The van der Waals surface area contributed by atoms with E-state index in [2.05, 4.69) is 53.2 Å². The maximum absolute atomic E-state index is 11.9. The molecule has 6 rings (SSSR count). The van der Waals surface area contributed by atoms with Crippen molar-refractivity contribution in [2.24, 2.45) is 11.8 Å². The third-order valence-corrected chi connectivity index (χ3v) is 9.80. The number of aliphatic hydroxyl groups is 1. The lowest BCUT2D eigenvalue weighted by atomic mass is 9.82. The number of pyridine rings is 1. The number of aromatic nitrogens is 5. The second-order valence-corrected chi connectivity index (χ2v) is 14.7. The highest BCUT2D eigenvalue weighted by molar-refractivity contribution is 7.90. The molecule has 2 N–H and O–H groups in total. The normalized spacial score (nSPS) is 22.3. The predicted octanol–water partition coefficient (Wildman–Crippen LogP) is 5.05. The Labute approximate surface area is 251 Å². The van der Waals surface area contributed by atoms with Crippen LogP contribution in [0.1, 0.15) is 45.1 Å². The minimum Gasteiger partial charge on any atom is -0.393 e. The van der Waals surface area contributed by atoms with Gasteiger partial charge in [0.05, 0.1) is 17.4 Å². The van der Waals surface area contributed by atoms with Crippen LogP contribution in [0.3, 0.4) is 0 Å². The van der Waals surface area contributed by atoms with Crippen LogP contribution in [0.5, 0.6) is 0 Å². The van der Waals surface area contributed by atoms with Gasteiger partial charge in [-0.25, -0.2) is 23.4 Å². The van der Waals surface area contributed by atoms with Gasteiger partial charge in [0.25, 0.3) is 0 Å². The second-order valence-electron chi connectivity index (χ2n) is 12.1. The van der Waals surface area contributed by atoms with Gasteiger partial charge in [-0.3, -0.25) is 4.68 Å². The quantitative estimate of drug-likeness (QED) is 0.268. The van der Waals surface area contributed by atoms with E-state index in [1.54, 1.807) is 16.9 Å². The Morgan fingerprint density at radius 1 is 1.14 bits per heavy atom. The second kappa shape index (κ2) is 11.1. The molecular formula is C30H36ClN7O3S. The molecule has 3 aromatic heterocycles. The summed E-state index contributed by atoms with van der Waals surface area (Å²) in [6.45, 7) is 7.83. The first-order valence-electron chi connectivity index (χ1n) is 14.3. The molecule has 10 nitrogen and oxygen atoms in total. The van der Waals surface area contributed by atoms with Crippen LogP contribution in [0.25, 0.3) is 22.2 Å². The molecule has 1 saturated heterocycles. The average Bonchev–Trinajstić information content (AvgIpc) is 3.28. The lowest BCUT2D eigenvalue weighted by Gasteiger charge is -2.48. The standard InChI is InChI=1S/C30H36ClN7O3S/c1-17(2)22-5-6-26(38-14-20(18(38)3)16-42(4,40)41)24-12-33-28(11-23(22)24)34-27-7-8-32-30(35-27)25-15-37(36-29(25)31)13-19-9-21(39)10-19/h5-8,11-12,15,17-21,39H,9-10,13-14,16H2,1-4H3,(H,32,33,34,35)/t18-,19?,20-,21?/m1/s1. The van der Waals surface area contributed by atoms with Crippen molar-refractivity contribution >= 4 is 49.5 Å². The number of rotatable bonds is 9. The summed E-state index contributed by atoms with van der Waals surface area (Å²) < 4.78 is 25.5. The van der Waals surface area contributed by atoms with E-state index in [4.69, 9.17) is 21.6 Å². The van der Waals surface area contributed by atoms with Gasteiger partial charge in [-0.05, 0) is 60.7 Å². The van der Waals surface area contributed by atoms with E-state index in [0.29, 0.717) is 53.1 Å². The Hall–Kier alpha value is -3.28. The van der Waals surface area contributed by atoms with E-state index < -0.39 is 9.84 Å². The molecule has 2 aliphatic rings. The van der Waals surface area contributed by atoms with Gasteiger partial charge in [0, 0.05) is 61.0 Å². The summed E-state index contributed by atoms with van der Waals surface area (Å²) in [5.74, 6) is 2.72. The van der Waals surface area contributed by atoms with E-state index >= 15 is 0 Å².